The molecule has 84 valence electrons. The normalized spacial score (nSPS) is 10.9. The highest BCUT2D eigenvalue weighted by Crippen LogP contribution is 2.07. The molecule has 6 heteroatoms. The van der Waals surface area contributed by atoms with Crippen molar-refractivity contribution >= 4 is 22.9 Å². The first-order valence-corrected chi connectivity index (χ1v) is 6.08. The van der Waals surface area contributed by atoms with Crippen LogP contribution in [0.2, 0.25) is 5.15 Å². The predicted octanol–water partition coefficient (Wildman–Crippen LogP) is 2.22. The van der Waals surface area contributed by atoms with Crippen molar-refractivity contribution in [3.63, 3.8) is 0 Å². The minimum Gasteiger partial charge on any atom is -0.295 e. The minimum absolute atomic E-state index is 0.422. The van der Waals surface area contributed by atoms with E-state index >= 15 is 0 Å². The Hall–Kier alpha value is -1.04. The SMILES string of the molecule is CN(Cc1cnc(Cl)cn1)Cc1cscn1. The average molecular weight is 255 g/mol. The summed E-state index contributed by atoms with van der Waals surface area (Å²) in [5.41, 5.74) is 3.82. The third-order valence-electron chi connectivity index (χ3n) is 2.02. The van der Waals surface area contributed by atoms with Crippen LogP contribution in [0.4, 0.5) is 0 Å². The van der Waals surface area contributed by atoms with Gasteiger partial charge in [0.15, 0.2) is 0 Å². The van der Waals surface area contributed by atoms with Crippen molar-refractivity contribution in [3.8, 4) is 0 Å². The van der Waals surface area contributed by atoms with Crippen LogP contribution in [0.5, 0.6) is 0 Å². The number of nitrogens with zero attached hydrogens (tertiary/aromatic N) is 4. The number of thiazole rings is 1. The fourth-order valence-corrected chi connectivity index (χ4v) is 1.99. The van der Waals surface area contributed by atoms with Gasteiger partial charge < -0.3 is 0 Å². The molecule has 0 aliphatic carbocycles. The molecule has 0 aliphatic heterocycles. The molecule has 0 aliphatic rings. The summed E-state index contributed by atoms with van der Waals surface area (Å²) in [5.74, 6) is 0. The van der Waals surface area contributed by atoms with Crippen molar-refractivity contribution in [2.24, 2.45) is 0 Å². The first-order chi connectivity index (χ1) is 7.74. The number of hydrogen-bond donors (Lipinski definition) is 0. The van der Waals surface area contributed by atoms with Crippen LogP contribution >= 0.6 is 22.9 Å². The fraction of sp³-hybridized carbons (Fsp3) is 0.300. The smallest absolute Gasteiger partial charge is 0.147 e. The van der Waals surface area contributed by atoms with Gasteiger partial charge in [0, 0.05) is 18.5 Å². The number of halogens is 1. The topological polar surface area (TPSA) is 41.9 Å². The van der Waals surface area contributed by atoms with E-state index in [4.69, 9.17) is 11.6 Å². The van der Waals surface area contributed by atoms with Gasteiger partial charge in [0.05, 0.1) is 29.3 Å². The highest BCUT2D eigenvalue weighted by atomic mass is 35.5. The first-order valence-electron chi connectivity index (χ1n) is 4.76. The molecule has 0 aromatic carbocycles. The standard InChI is InChI=1S/C10H11ClN4S/c1-15(5-9-6-16-7-14-9)4-8-2-13-10(11)3-12-8/h2-3,6-7H,4-5H2,1H3. The quantitative estimate of drug-likeness (QED) is 0.839. The zero-order valence-corrected chi connectivity index (χ0v) is 10.4. The summed E-state index contributed by atoms with van der Waals surface area (Å²) in [6, 6.07) is 0. The van der Waals surface area contributed by atoms with E-state index in [2.05, 4.69) is 19.9 Å². The van der Waals surface area contributed by atoms with Crippen molar-refractivity contribution in [2.75, 3.05) is 7.05 Å². The van der Waals surface area contributed by atoms with E-state index < -0.39 is 0 Å². The molecule has 0 unspecified atom stereocenters. The Balaban J connectivity index is 1.92. The van der Waals surface area contributed by atoms with Crippen LogP contribution in [0.15, 0.2) is 23.3 Å². The molecule has 2 rings (SSSR count). The molecular weight excluding hydrogens is 244 g/mol. The highest BCUT2D eigenvalue weighted by molar-refractivity contribution is 7.07. The van der Waals surface area contributed by atoms with Crippen LogP contribution in [0.1, 0.15) is 11.4 Å². The molecule has 0 spiro atoms. The molecular formula is C10H11ClN4S. The number of rotatable bonds is 4. The Bertz CT molecular complexity index is 429. The van der Waals surface area contributed by atoms with Crippen LogP contribution in [-0.2, 0) is 13.1 Å². The van der Waals surface area contributed by atoms with E-state index in [9.17, 15) is 0 Å². The summed E-state index contributed by atoms with van der Waals surface area (Å²) in [7, 11) is 2.02. The molecule has 0 saturated heterocycles. The molecule has 0 saturated carbocycles. The summed E-state index contributed by atoms with van der Waals surface area (Å²) >= 11 is 7.27. The van der Waals surface area contributed by atoms with Crippen LogP contribution in [0.25, 0.3) is 0 Å². The first kappa shape index (κ1) is 11.4. The summed E-state index contributed by atoms with van der Waals surface area (Å²) in [6.07, 6.45) is 3.26. The lowest BCUT2D eigenvalue weighted by Crippen LogP contribution is -2.18. The summed E-state index contributed by atoms with van der Waals surface area (Å²) in [6.45, 7) is 1.55. The van der Waals surface area contributed by atoms with Crippen molar-refractivity contribution in [1.29, 1.82) is 0 Å². The maximum Gasteiger partial charge on any atom is 0.147 e. The maximum atomic E-state index is 5.67. The molecule has 16 heavy (non-hydrogen) atoms. The monoisotopic (exact) mass is 254 g/mol. The molecule has 4 nitrogen and oxygen atoms in total. The molecule has 2 aromatic heterocycles. The van der Waals surface area contributed by atoms with Crippen molar-refractivity contribution in [3.05, 3.63) is 39.8 Å². The number of hydrogen-bond acceptors (Lipinski definition) is 5. The molecule has 0 atom stereocenters. The van der Waals surface area contributed by atoms with Crippen molar-refractivity contribution < 1.29 is 0 Å². The largest absolute Gasteiger partial charge is 0.295 e. The van der Waals surface area contributed by atoms with E-state index in [1.165, 1.54) is 0 Å². The van der Waals surface area contributed by atoms with Gasteiger partial charge in [0.25, 0.3) is 0 Å². The lowest BCUT2D eigenvalue weighted by atomic mass is 10.4. The van der Waals surface area contributed by atoms with Crippen molar-refractivity contribution in [1.82, 2.24) is 19.9 Å². The molecule has 0 bridgehead atoms. The van der Waals surface area contributed by atoms with Gasteiger partial charge in [-0.3, -0.25) is 9.88 Å². The second kappa shape index (κ2) is 5.34. The van der Waals surface area contributed by atoms with Gasteiger partial charge in [0.1, 0.15) is 5.15 Å². The Labute approximate surface area is 103 Å². The van der Waals surface area contributed by atoms with Gasteiger partial charge in [-0.15, -0.1) is 11.3 Å². The zero-order chi connectivity index (χ0) is 11.4. The molecule has 2 aromatic rings. The Morgan fingerprint density at radius 2 is 2.00 bits per heavy atom. The Morgan fingerprint density at radius 3 is 2.62 bits per heavy atom. The summed E-state index contributed by atoms with van der Waals surface area (Å²) < 4.78 is 0. The highest BCUT2D eigenvalue weighted by Gasteiger charge is 2.04. The maximum absolute atomic E-state index is 5.67. The molecule has 0 amide bonds. The Kier molecular flexibility index (Phi) is 3.82. The number of aromatic nitrogens is 3. The lowest BCUT2D eigenvalue weighted by molar-refractivity contribution is 0.311. The molecule has 0 radical (unpaired) electrons. The third kappa shape index (κ3) is 3.23. The fourth-order valence-electron chi connectivity index (χ4n) is 1.35. The van der Waals surface area contributed by atoms with Crippen LogP contribution in [0, 0.1) is 0 Å². The lowest BCUT2D eigenvalue weighted by Gasteiger charge is -2.14. The van der Waals surface area contributed by atoms with Gasteiger partial charge in [-0.2, -0.15) is 0 Å². The predicted molar refractivity (Wildman–Crippen MR) is 64.3 cm³/mol. The van der Waals surface area contributed by atoms with Crippen LogP contribution < -0.4 is 0 Å². The van der Waals surface area contributed by atoms with Gasteiger partial charge >= 0.3 is 0 Å². The zero-order valence-electron chi connectivity index (χ0n) is 8.80. The average Bonchev–Trinajstić information content (AvgIpc) is 2.74. The summed E-state index contributed by atoms with van der Waals surface area (Å²) in [5, 5.41) is 2.47. The van der Waals surface area contributed by atoms with E-state index in [1.807, 2.05) is 17.9 Å². The van der Waals surface area contributed by atoms with Gasteiger partial charge in [0.2, 0.25) is 0 Å². The molecule has 2 heterocycles. The third-order valence-corrected chi connectivity index (χ3v) is 2.85. The van der Waals surface area contributed by atoms with Crippen LogP contribution in [0.3, 0.4) is 0 Å². The van der Waals surface area contributed by atoms with E-state index in [0.717, 1.165) is 24.5 Å². The van der Waals surface area contributed by atoms with E-state index in [0.29, 0.717) is 5.15 Å². The van der Waals surface area contributed by atoms with E-state index in [-0.39, 0.29) is 0 Å². The van der Waals surface area contributed by atoms with Gasteiger partial charge in [-0.1, -0.05) is 11.6 Å². The summed E-state index contributed by atoms with van der Waals surface area (Å²) in [4.78, 5) is 14.5. The second-order valence-corrected chi connectivity index (χ2v) is 4.59. The van der Waals surface area contributed by atoms with Gasteiger partial charge in [-0.25, -0.2) is 9.97 Å². The van der Waals surface area contributed by atoms with Crippen molar-refractivity contribution in [2.45, 2.75) is 13.1 Å². The van der Waals surface area contributed by atoms with Crippen LogP contribution in [-0.4, -0.2) is 26.9 Å². The van der Waals surface area contributed by atoms with E-state index in [1.54, 1.807) is 23.7 Å². The Morgan fingerprint density at radius 1 is 1.19 bits per heavy atom. The minimum atomic E-state index is 0.422. The second-order valence-electron chi connectivity index (χ2n) is 3.48. The van der Waals surface area contributed by atoms with Gasteiger partial charge in [-0.05, 0) is 7.05 Å². The molecule has 0 fully saturated rings. The molecule has 0 N–H and O–H groups in total.